The van der Waals surface area contributed by atoms with Gasteiger partial charge in [0.15, 0.2) is 11.6 Å². The van der Waals surface area contributed by atoms with Gasteiger partial charge in [-0.15, -0.1) is 0 Å². The molecular weight excluding hydrogens is 384 g/mol. The summed E-state index contributed by atoms with van der Waals surface area (Å²) in [7, 11) is 0. The molecule has 0 aliphatic carbocycles. The molecular formula is C26H20N4O. The molecule has 0 bridgehead atoms. The lowest BCUT2D eigenvalue weighted by Crippen LogP contribution is -2.31. The van der Waals surface area contributed by atoms with Gasteiger partial charge in [-0.05, 0) is 29.7 Å². The van der Waals surface area contributed by atoms with Crippen molar-refractivity contribution in [3.05, 3.63) is 96.1 Å². The van der Waals surface area contributed by atoms with Gasteiger partial charge in [-0.1, -0.05) is 72.8 Å². The molecule has 0 N–H and O–H groups in total. The van der Waals surface area contributed by atoms with Crippen molar-refractivity contribution < 1.29 is 4.42 Å². The van der Waals surface area contributed by atoms with E-state index >= 15 is 0 Å². The van der Waals surface area contributed by atoms with Crippen LogP contribution in [0.15, 0.2) is 89.3 Å². The number of benzene rings is 3. The first-order valence-electron chi connectivity index (χ1n) is 10.5. The third kappa shape index (κ3) is 3.24. The predicted molar refractivity (Wildman–Crippen MR) is 122 cm³/mol. The van der Waals surface area contributed by atoms with E-state index in [1.54, 1.807) is 0 Å². The van der Waals surface area contributed by atoms with Gasteiger partial charge in [-0.2, -0.15) is 4.98 Å². The minimum atomic E-state index is 0.564. The molecule has 0 radical (unpaired) electrons. The Balaban J connectivity index is 1.52. The first-order chi connectivity index (χ1) is 15.3. The predicted octanol–water partition coefficient (Wildman–Crippen LogP) is 5.51. The van der Waals surface area contributed by atoms with Gasteiger partial charge in [0.05, 0.1) is 0 Å². The Morgan fingerprint density at radius 3 is 2.13 bits per heavy atom. The summed E-state index contributed by atoms with van der Waals surface area (Å²) in [5.41, 5.74) is 5.84. The van der Waals surface area contributed by atoms with Gasteiger partial charge in [-0.3, -0.25) is 0 Å². The van der Waals surface area contributed by atoms with Crippen LogP contribution < -0.4 is 4.90 Å². The van der Waals surface area contributed by atoms with Crippen LogP contribution in [0.1, 0.15) is 11.1 Å². The number of anilines is 1. The van der Waals surface area contributed by atoms with Crippen LogP contribution in [0, 0.1) is 0 Å². The van der Waals surface area contributed by atoms with Gasteiger partial charge >= 0.3 is 0 Å². The molecule has 150 valence electrons. The molecule has 5 nitrogen and oxygen atoms in total. The van der Waals surface area contributed by atoms with Crippen LogP contribution in [0.4, 0.5) is 5.82 Å². The molecule has 0 unspecified atom stereocenters. The summed E-state index contributed by atoms with van der Waals surface area (Å²) in [5.74, 6) is 2.02. The highest BCUT2D eigenvalue weighted by Crippen LogP contribution is 2.33. The summed E-state index contributed by atoms with van der Waals surface area (Å²) in [6.45, 7) is 1.66. The zero-order valence-corrected chi connectivity index (χ0v) is 16.9. The third-order valence-corrected chi connectivity index (χ3v) is 5.72. The lowest BCUT2D eigenvalue weighted by molar-refractivity contribution is 0.612. The number of hydrogen-bond donors (Lipinski definition) is 0. The quantitative estimate of drug-likeness (QED) is 0.397. The average Bonchev–Trinajstić information content (AvgIpc) is 3.29. The van der Waals surface area contributed by atoms with E-state index in [-0.39, 0.29) is 0 Å². The smallest absolute Gasteiger partial charge is 0.229 e. The van der Waals surface area contributed by atoms with Crippen molar-refractivity contribution in [2.75, 3.05) is 11.4 Å². The van der Waals surface area contributed by atoms with E-state index in [9.17, 15) is 0 Å². The van der Waals surface area contributed by atoms with Crippen LogP contribution in [0.2, 0.25) is 0 Å². The van der Waals surface area contributed by atoms with Gasteiger partial charge in [0.2, 0.25) is 17.1 Å². The van der Waals surface area contributed by atoms with Crippen LogP contribution in [-0.2, 0) is 13.0 Å². The van der Waals surface area contributed by atoms with Crippen molar-refractivity contribution in [1.29, 1.82) is 0 Å². The maximum absolute atomic E-state index is 6.24. The van der Waals surface area contributed by atoms with Gasteiger partial charge in [0.1, 0.15) is 0 Å². The Morgan fingerprint density at radius 2 is 1.35 bits per heavy atom. The highest BCUT2D eigenvalue weighted by Gasteiger charge is 2.24. The molecule has 5 aromatic rings. The van der Waals surface area contributed by atoms with E-state index in [4.69, 9.17) is 19.4 Å². The van der Waals surface area contributed by atoms with E-state index in [2.05, 4.69) is 29.2 Å². The molecule has 0 spiro atoms. The minimum absolute atomic E-state index is 0.564. The Kier molecular flexibility index (Phi) is 4.24. The second kappa shape index (κ2) is 7.36. The molecule has 6 rings (SSSR count). The Labute approximate surface area is 180 Å². The van der Waals surface area contributed by atoms with Crippen molar-refractivity contribution in [3.63, 3.8) is 0 Å². The lowest BCUT2D eigenvalue weighted by Gasteiger charge is -2.29. The first-order valence-corrected chi connectivity index (χ1v) is 10.5. The van der Waals surface area contributed by atoms with Crippen LogP contribution in [0.25, 0.3) is 34.1 Å². The van der Waals surface area contributed by atoms with E-state index in [0.29, 0.717) is 22.9 Å². The largest absolute Gasteiger partial charge is 0.430 e. The third-order valence-electron chi connectivity index (χ3n) is 5.72. The fourth-order valence-corrected chi connectivity index (χ4v) is 4.12. The minimum Gasteiger partial charge on any atom is -0.430 e. The summed E-state index contributed by atoms with van der Waals surface area (Å²) in [4.78, 5) is 16.7. The van der Waals surface area contributed by atoms with Crippen molar-refractivity contribution in [2.24, 2.45) is 0 Å². The van der Waals surface area contributed by atoms with Crippen molar-refractivity contribution in [1.82, 2.24) is 15.0 Å². The molecule has 0 amide bonds. The van der Waals surface area contributed by atoms with Gasteiger partial charge in [0.25, 0.3) is 0 Å². The zero-order chi connectivity index (χ0) is 20.6. The summed E-state index contributed by atoms with van der Waals surface area (Å²) >= 11 is 0. The van der Waals surface area contributed by atoms with E-state index < -0.39 is 0 Å². The fraction of sp³-hybridized carbons (Fsp3) is 0.115. The highest BCUT2D eigenvalue weighted by molar-refractivity contribution is 5.85. The summed E-state index contributed by atoms with van der Waals surface area (Å²) in [6, 6.07) is 28.6. The number of aromatic nitrogens is 3. The number of oxazole rings is 1. The van der Waals surface area contributed by atoms with Gasteiger partial charge in [-0.25, -0.2) is 9.97 Å². The fourth-order valence-electron chi connectivity index (χ4n) is 4.12. The van der Waals surface area contributed by atoms with Crippen LogP contribution in [-0.4, -0.2) is 21.5 Å². The lowest BCUT2D eigenvalue weighted by atomic mass is 10.00. The van der Waals surface area contributed by atoms with Gasteiger partial charge in [0, 0.05) is 24.2 Å². The number of hydrogen-bond acceptors (Lipinski definition) is 5. The molecule has 3 aromatic carbocycles. The molecule has 0 atom stereocenters. The topological polar surface area (TPSA) is 55.1 Å². The first kappa shape index (κ1) is 17.8. The Hall–Kier alpha value is -3.99. The summed E-state index contributed by atoms with van der Waals surface area (Å²) in [5, 5.41) is 0. The molecule has 0 saturated carbocycles. The highest BCUT2D eigenvalue weighted by atomic mass is 16.4. The molecule has 31 heavy (non-hydrogen) atoms. The molecule has 3 heterocycles. The molecule has 1 aliphatic heterocycles. The van der Waals surface area contributed by atoms with Crippen LogP contribution in [0.3, 0.4) is 0 Å². The number of fused-ring (bicyclic) bond motifs is 2. The maximum atomic E-state index is 6.24. The van der Waals surface area contributed by atoms with Crippen LogP contribution in [0.5, 0.6) is 0 Å². The number of nitrogens with zero attached hydrogens (tertiary/aromatic N) is 4. The summed E-state index contributed by atoms with van der Waals surface area (Å²) < 4.78 is 6.24. The van der Waals surface area contributed by atoms with Crippen LogP contribution >= 0.6 is 0 Å². The van der Waals surface area contributed by atoms with E-state index in [1.165, 1.54) is 11.1 Å². The number of rotatable bonds is 3. The maximum Gasteiger partial charge on any atom is 0.229 e. The Morgan fingerprint density at radius 1 is 0.677 bits per heavy atom. The SMILES string of the molecule is c1ccc(-c2nc(N3CCc4ccccc4C3)c3oc(-c4ccccc4)nc3n2)cc1. The van der Waals surface area contributed by atoms with E-state index in [1.807, 2.05) is 60.7 Å². The molecule has 0 fully saturated rings. The molecule has 1 aliphatic rings. The van der Waals surface area contributed by atoms with E-state index in [0.717, 1.165) is 36.5 Å². The van der Waals surface area contributed by atoms with Gasteiger partial charge < -0.3 is 9.32 Å². The van der Waals surface area contributed by atoms with Crippen molar-refractivity contribution in [2.45, 2.75) is 13.0 Å². The second-order valence-corrected chi connectivity index (χ2v) is 7.71. The molecule has 2 aromatic heterocycles. The zero-order valence-electron chi connectivity index (χ0n) is 16.9. The molecule has 5 heteroatoms. The second-order valence-electron chi connectivity index (χ2n) is 7.71. The van der Waals surface area contributed by atoms with Crippen molar-refractivity contribution in [3.8, 4) is 22.8 Å². The standard InChI is InChI=1S/C26H20N4O/c1-3-10-19(11-4-1)23-27-24-22(31-26(29-24)20-12-5-2-6-13-20)25(28-23)30-16-15-18-9-7-8-14-21(18)17-30/h1-14H,15-17H2. The van der Waals surface area contributed by atoms with Crippen molar-refractivity contribution >= 4 is 17.0 Å². The monoisotopic (exact) mass is 404 g/mol. The average molecular weight is 404 g/mol. The molecule has 0 saturated heterocycles. The summed E-state index contributed by atoms with van der Waals surface area (Å²) in [6.07, 6.45) is 0.974. The normalized spacial score (nSPS) is 13.4. The Bertz CT molecular complexity index is 1360.